The lowest BCUT2D eigenvalue weighted by molar-refractivity contribution is 0.0957. The van der Waals surface area contributed by atoms with Crippen LogP contribution in [-0.2, 0) is 12.8 Å². The fourth-order valence-electron chi connectivity index (χ4n) is 5.81. The molecule has 0 bridgehead atoms. The van der Waals surface area contributed by atoms with Gasteiger partial charge in [-0.15, -0.1) is 0 Å². The van der Waals surface area contributed by atoms with Gasteiger partial charge in [0.05, 0.1) is 5.69 Å². The Morgan fingerprint density at radius 3 is 2.70 bits per heavy atom. The van der Waals surface area contributed by atoms with E-state index in [0.29, 0.717) is 17.6 Å². The van der Waals surface area contributed by atoms with Crippen LogP contribution in [-0.4, -0.2) is 60.0 Å². The summed E-state index contributed by atoms with van der Waals surface area (Å²) in [6.07, 6.45) is 7.52. The molecule has 2 aromatic heterocycles. The number of nitrogens with zero attached hydrogens (tertiary/aromatic N) is 3. The first kappa shape index (κ1) is 22.1. The highest BCUT2D eigenvalue weighted by Crippen LogP contribution is 2.37. The molecule has 3 aliphatic rings. The van der Waals surface area contributed by atoms with Crippen LogP contribution in [0.4, 0.5) is 10.1 Å². The zero-order valence-electron chi connectivity index (χ0n) is 19.2. The van der Waals surface area contributed by atoms with E-state index in [1.807, 2.05) is 4.90 Å². The van der Waals surface area contributed by atoms with Crippen LogP contribution in [0.1, 0.15) is 65.3 Å². The Bertz CT molecular complexity index is 1090. The molecule has 8 heteroatoms. The molecule has 0 aromatic carbocycles. The smallest absolute Gasteiger partial charge is 0.269 e. The third-order valence-corrected chi connectivity index (χ3v) is 7.68. The maximum absolute atomic E-state index is 14.5. The number of piperazine rings is 1. The van der Waals surface area contributed by atoms with Crippen LogP contribution in [0.3, 0.4) is 0 Å². The standard InChI is InChI=1S/C25H32FN5O2/c1-27-25(33)20-8-9-22(23(26)28-20)31-12-10-30(11-13-31)18-7-6-17(14-18)21-15-16-4-2-3-5-19(16)24(32)29-21/h8-9,15,17-18H,2-7,10-14H2,1H3,(H,27,33)(H,29,32)/t17-,18+/m1/s1. The van der Waals surface area contributed by atoms with Gasteiger partial charge in [-0.05, 0) is 68.7 Å². The minimum Gasteiger partial charge on any atom is -0.365 e. The largest absolute Gasteiger partial charge is 0.365 e. The summed E-state index contributed by atoms with van der Waals surface area (Å²) in [6, 6.07) is 5.99. The van der Waals surface area contributed by atoms with Crippen molar-refractivity contribution in [2.24, 2.45) is 0 Å². The van der Waals surface area contributed by atoms with Gasteiger partial charge in [-0.3, -0.25) is 14.5 Å². The zero-order valence-corrected chi connectivity index (χ0v) is 19.2. The molecule has 33 heavy (non-hydrogen) atoms. The van der Waals surface area contributed by atoms with Gasteiger partial charge in [0.25, 0.3) is 11.5 Å². The van der Waals surface area contributed by atoms with Crippen molar-refractivity contribution >= 4 is 11.6 Å². The Morgan fingerprint density at radius 2 is 1.94 bits per heavy atom. The molecule has 2 N–H and O–H groups in total. The van der Waals surface area contributed by atoms with Gasteiger partial charge in [0.15, 0.2) is 0 Å². The van der Waals surface area contributed by atoms with E-state index in [1.165, 1.54) is 19.0 Å². The molecule has 0 radical (unpaired) electrons. The first-order valence-electron chi connectivity index (χ1n) is 12.2. The number of nitrogens with one attached hydrogen (secondary N) is 2. The number of halogens is 1. The monoisotopic (exact) mass is 453 g/mol. The second kappa shape index (κ2) is 9.25. The second-order valence-corrected chi connectivity index (χ2v) is 9.54. The van der Waals surface area contributed by atoms with Crippen molar-refractivity contribution in [1.29, 1.82) is 0 Å². The molecule has 0 spiro atoms. The number of hydrogen-bond donors (Lipinski definition) is 2. The molecule has 2 atom stereocenters. The number of fused-ring (bicyclic) bond motifs is 1. The summed E-state index contributed by atoms with van der Waals surface area (Å²) in [5, 5.41) is 2.47. The maximum Gasteiger partial charge on any atom is 0.269 e. The van der Waals surface area contributed by atoms with Crippen molar-refractivity contribution in [3.8, 4) is 0 Å². The van der Waals surface area contributed by atoms with E-state index in [9.17, 15) is 14.0 Å². The first-order chi connectivity index (χ1) is 16.0. The van der Waals surface area contributed by atoms with E-state index in [2.05, 4.69) is 26.3 Å². The lowest BCUT2D eigenvalue weighted by Gasteiger charge is -2.39. The van der Waals surface area contributed by atoms with Crippen molar-refractivity contribution in [2.75, 3.05) is 38.1 Å². The summed E-state index contributed by atoms with van der Waals surface area (Å²) in [7, 11) is 1.51. The van der Waals surface area contributed by atoms with Gasteiger partial charge >= 0.3 is 0 Å². The first-order valence-corrected chi connectivity index (χ1v) is 12.2. The second-order valence-electron chi connectivity index (χ2n) is 9.54. The van der Waals surface area contributed by atoms with Crippen LogP contribution in [0.15, 0.2) is 23.0 Å². The number of carbonyl (C=O) groups is 1. The lowest BCUT2D eigenvalue weighted by Crippen LogP contribution is -2.50. The van der Waals surface area contributed by atoms with Crippen molar-refractivity contribution in [3.05, 3.63) is 57.0 Å². The van der Waals surface area contributed by atoms with Crippen molar-refractivity contribution in [2.45, 2.75) is 56.9 Å². The number of anilines is 1. The van der Waals surface area contributed by atoms with Gasteiger partial charge in [0.1, 0.15) is 5.69 Å². The van der Waals surface area contributed by atoms with Crippen molar-refractivity contribution < 1.29 is 9.18 Å². The minimum atomic E-state index is -0.596. The fourth-order valence-corrected chi connectivity index (χ4v) is 5.81. The van der Waals surface area contributed by atoms with Gasteiger partial charge in [-0.1, -0.05) is 0 Å². The molecule has 2 aliphatic carbocycles. The van der Waals surface area contributed by atoms with Gasteiger partial charge in [-0.25, -0.2) is 4.98 Å². The highest BCUT2D eigenvalue weighted by Gasteiger charge is 2.33. The molecular formula is C25H32FN5O2. The van der Waals surface area contributed by atoms with Crippen molar-refractivity contribution in [1.82, 2.24) is 20.2 Å². The number of carbonyl (C=O) groups excluding carboxylic acids is 1. The van der Waals surface area contributed by atoms with Crippen LogP contribution in [0.25, 0.3) is 0 Å². The topological polar surface area (TPSA) is 81.3 Å². The number of aromatic amines is 1. The van der Waals surface area contributed by atoms with Crippen LogP contribution < -0.4 is 15.8 Å². The highest BCUT2D eigenvalue weighted by molar-refractivity contribution is 5.92. The Morgan fingerprint density at radius 1 is 1.15 bits per heavy atom. The molecule has 176 valence electrons. The summed E-state index contributed by atoms with van der Waals surface area (Å²) in [5.74, 6) is -0.574. The van der Waals surface area contributed by atoms with Crippen molar-refractivity contribution in [3.63, 3.8) is 0 Å². The zero-order chi connectivity index (χ0) is 22.9. The lowest BCUT2D eigenvalue weighted by atomic mass is 9.90. The van der Waals surface area contributed by atoms with Gasteiger partial charge < -0.3 is 15.2 Å². The summed E-state index contributed by atoms with van der Waals surface area (Å²) in [6.45, 7) is 3.20. The molecule has 2 fully saturated rings. The molecule has 2 aromatic rings. The highest BCUT2D eigenvalue weighted by atomic mass is 19.1. The molecule has 0 unspecified atom stereocenters. The van der Waals surface area contributed by atoms with Gasteiger partial charge in [-0.2, -0.15) is 4.39 Å². The molecule has 1 aliphatic heterocycles. The normalized spacial score (nSPS) is 23.4. The number of rotatable bonds is 4. The molecular weight excluding hydrogens is 421 g/mol. The predicted octanol–water partition coefficient (Wildman–Crippen LogP) is 2.61. The molecule has 5 rings (SSSR count). The summed E-state index contributed by atoms with van der Waals surface area (Å²) in [4.78, 5) is 35.8. The molecule has 7 nitrogen and oxygen atoms in total. The quantitative estimate of drug-likeness (QED) is 0.696. The van der Waals surface area contributed by atoms with E-state index in [-0.39, 0.29) is 17.2 Å². The van der Waals surface area contributed by atoms with E-state index in [0.717, 1.165) is 76.0 Å². The van der Waals surface area contributed by atoms with Gasteiger partial charge in [0, 0.05) is 56.4 Å². The summed E-state index contributed by atoms with van der Waals surface area (Å²) < 4.78 is 14.5. The number of aryl methyl sites for hydroxylation is 1. The Labute approximate surface area is 193 Å². The number of aromatic nitrogens is 2. The number of amides is 1. The fraction of sp³-hybridized carbons (Fsp3) is 0.560. The third-order valence-electron chi connectivity index (χ3n) is 7.68. The minimum absolute atomic E-state index is 0.0922. The number of H-pyrrole nitrogens is 1. The number of pyridine rings is 2. The van der Waals surface area contributed by atoms with Gasteiger partial charge in [0.2, 0.25) is 5.95 Å². The Hall–Kier alpha value is -2.74. The van der Waals surface area contributed by atoms with E-state index < -0.39 is 5.95 Å². The Balaban J connectivity index is 1.20. The van der Waals surface area contributed by atoms with E-state index in [4.69, 9.17) is 0 Å². The van der Waals surface area contributed by atoms with E-state index in [1.54, 1.807) is 12.1 Å². The average Bonchev–Trinajstić information content (AvgIpc) is 3.34. The Kier molecular flexibility index (Phi) is 6.19. The third kappa shape index (κ3) is 4.40. The number of hydrogen-bond acceptors (Lipinski definition) is 5. The maximum atomic E-state index is 14.5. The molecule has 1 saturated carbocycles. The average molecular weight is 454 g/mol. The van der Waals surface area contributed by atoms with Crippen LogP contribution >= 0.6 is 0 Å². The summed E-state index contributed by atoms with van der Waals surface area (Å²) >= 11 is 0. The predicted molar refractivity (Wildman–Crippen MR) is 125 cm³/mol. The SMILES string of the molecule is CNC(=O)c1ccc(N2CCN([C@H]3CC[C@@H](c4cc5c(c(=O)[nH]4)CCCC5)C3)CC2)c(F)n1. The van der Waals surface area contributed by atoms with Crippen LogP contribution in [0.2, 0.25) is 0 Å². The molecule has 1 saturated heterocycles. The molecule has 1 amide bonds. The van der Waals surface area contributed by atoms with Crippen LogP contribution in [0, 0.1) is 5.95 Å². The van der Waals surface area contributed by atoms with E-state index >= 15 is 0 Å². The summed E-state index contributed by atoms with van der Waals surface area (Å²) in [5.41, 5.74) is 4.05. The van der Waals surface area contributed by atoms with Crippen LogP contribution in [0.5, 0.6) is 0 Å². The molecule has 3 heterocycles.